The Labute approximate surface area is 116 Å². The molecular weight excluding hydrogens is 256 g/mol. The zero-order chi connectivity index (χ0) is 14.8. The Bertz CT molecular complexity index is 473. The van der Waals surface area contributed by atoms with E-state index in [0.717, 1.165) is 0 Å². The molecule has 0 aliphatic carbocycles. The second-order valence-corrected chi connectivity index (χ2v) is 11.0. The van der Waals surface area contributed by atoms with Crippen molar-refractivity contribution >= 4 is 14.1 Å². The number of phenolic OH excluding ortho intramolecular Hbond substituents is 1. The maximum absolute atomic E-state index is 11.7. The van der Waals surface area contributed by atoms with Crippen molar-refractivity contribution in [3.8, 4) is 11.5 Å². The SMILES string of the molecule is CCC(=O)c1cc(O[Si](C)(C)C(C)(C)C)ccc1O. The lowest BCUT2D eigenvalue weighted by Crippen LogP contribution is -2.43. The molecule has 0 aliphatic rings. The molecule has 0 fully saturated rings. The van der Waals surface area contributed by atoms with Crippen LogP contribution in [0.3, 0.4) is 0 Å². The predicted octanol–water partition coefficient (Wildman–Crippen LogP) is 4.37. The standard InChI is InChI=1S/C15H24O3Si/c1-7-13(16)12-10-11(8-9-14(12)17)18-19(5,6)15(2,3)4/h8-10,17H,7H2,1-6H3. The number of Topliss-reactive ketones (excluding diaryl/α,β-unsaturated/α-hetero) is 1. The molecule has 0 aliphatic heterocycles. The number of ketones is 1. The molecule has 1 aromatic carbocycles. The first-order valence-electron chi connectivity index (χ1n) is 6.63. The van der Waals surface area contributed by atoms with Crippen molar-refractivity contribution in [3.63, 3.8) is 0 Å². The van der Waals surface area contributed by atoms with E-state index in [-0.39, 0.29) is 16.6 Å². The van der Waals surface area contributed by atoms with Gasteiger partial charge in [-0.05, 0) is 36.3 Å². The zero-order valence-corrected chi connectivity index (χ0v) is 13.7. The third kappa shape index (κ3) is 3.59. The van der Waals surface area contributed by atoms with Crippen molar-refractivity contribution in [1.29, 1.82) is 0 Å². The van der Waals surface area contributed by atoms with E-state index in [1.807, 2.05) is 0 Å². The van der Waals surface area contributed by atoms with Crippen molar-refractivity contribution in [3.05, 3.63) is 23.8 Å². The van der Waals surface area contributed by atoms with Crippen LogP contribution in [0.25, 0.3) is 0 Å². The summed E-state index contributed by atoms with van der Waals surface area (Å²) in [6.07, 6.45) is 0.372. The summed E-state index contributed by atoms with van der Waals surface area (Å²) < 4.78 is 6.13. The lowest BCUT2D eigenvalue weighted by atomic mass is 10.1. The van der Waals surface area contributed by atoms with Crippen molar-refractivity contribution in [2.75, 3.05) is 0 Å². The number of hydrogen-bond donors (Lipinski definition) is 1. The van der Waals surface area contributed by atoms with Crippen LogP contribution in [0, 0.1) is 0 Å². The maximum atomic E-state index is 11.7. The lowest BCUT2D eigenvalue weighted by Gasteiger charge is -2.36. The highest BCUT2D eigenvalue weighted by atomic mass is 28.4. The number of carbonyl (C=O) groups excluding carboxylic acids is 1. The van der Waals surface area contributed by atoms with Crippen molar-refractivity contribution in [1.82, 2.24) is 0 Å². The third-order valence-corrected chi connectivity index (χ3v) is 8.13. The molecule has 0 radical (unpaired) electrons. The van der Waals surface area contributed by atoms with Gasteiger partial charge in [0, 0.05) is 6.42 Å². The highest BCUT2D eigenvalue weighted by Crippen LogP contribution is 2.38. The number of carbonyl (C=O) groups is 1. The first-order valence-corrected chi connectivity index (χ1v) is 9.54. The van der Waals surface area contributed by atoms with Crippen LogP contribution in [0.5, 0.6) is 11.5 Å². The van der Waals surface area contributed by atoms with Gasteiger partial charge in [0.1, 0.15) is 11.5 Å². The summed E-state index contributed by atoms with van der Waals surface area (Å²) >= 11 is 0. The molecule has 0 spiro atoms. The molecule has 0 bridgehead atoms. The van der Waals surface area contributed by atoms with E-state index in [2.05, 4.69) is 33.9 Å². The largest absolute Gasteiger partial charge is 0.543 e. The van der Waals surface area contributed by atoms with Crippen LogP contribution in [0.4, 0.5) is 0 Å². The Morgan fingerprint density at radius 3 is 2.37 bits per heavy atom. The molecule has 1 aromatic rings. The van der Waals surface area contributed by atoms with Crippen LogP contribution < -0.4 is 4.43 Å². The number of phenols is 1. The van der Waals surface area contributed by atoms with Gasteiger partial charge in [-0.3, -0.25) is 4.79 Å². The second-order valence-electron chi connectivity index (χ2n) is 6.32. The summed E-state index contributed by atoms with van der Waals surface area (Å²) in [5, 5.41) is 9.83. The summed E-state index contributed by atoms with van der Waals surface area (Å²) in [5.74, 6) is 0.619. The van der Waals surface area contributed by atoms with E-state index >= 15 is 0 Å². The summed E-state index contributed by atoms with van der Waals surface area (Å²) in [5.41, 5.74) is 0.346. The van der Waals surface area contributed by atoms with E-state index in [4.69, 9.17) is 4.43 Å². The highest BCUT2D eigenvalue weighted by Gasteiger charge is 2.39. The van der Waals surface area contributed by atoms with Gasteiger partial charge in [0.15, 0.2) is 5.78 Å². The molecule has 19 heavy (non-hydrogen) atoms. The smallest absolute Gasteiger partial charge is 0.250 e. The Morgan fingerprint density at radius 2 is 1.89 bits per heavy atom. The van der Waals surface area contributed by atoms with E-state index < -0.39 is 8.32 Å². The van der Waals surface area contributed by atoms with E-state index in [9.17, 15) is 9.90 Å². The van der Waals surface area contributed by atoms with Gasteiger partial charge in [-0.1, -0.05) is 27.7 Å². The number of aromatic hydroxyl groups is 1. The molecule has 3 nitrogen and oxygen atoms in total. The zero-order valence-electron chi connectivity index (χ0n) is 12.7. The minimum absolute atomic E-state index is 0.0226. The second kappa shape index (κ2) is 5.37. The molecule has 0 heterocycles. The van der Waals surface area contributed by atoms with Gasteiger partial charge in [0.05, 0.1) is 5.56 Å². The quantitative estimate of drug-likeness (QED) is 0.658. The molecule has 4 heteroatoms. The average Bonchev–Trinajstić information content (AvgIpc) is 2.29. The molecule has 0 unspecified atom stereocenters. The van der Waals surface area contributed by atoms with Crippen LogP contribution in [0.2, 0.25) is 18.1 Å². The lowest BCUT2D eigenvalue weighted by molar-refractivity contribution is 0.0985. The monoisotopic (exact) mass is 280 g/mol. The summed E-state index contributed by atoms with van der Waals surface area (Å²) in [4.78, 5) is 11.7. The molecule has 0 atom stereocenters. The fourth-order valence-electron chi connectivity index (χ4n) is 1.44. The molecule has 0 aromatic heterocycles. The third-order valence-electron chi connectivity index (χ3n) is 3.77. The van der Waals surface area contributed by atoms with Crippen LogP contribution in [0.1, 0.15) is 44.5 Å². The molecular formula is C15H24O3Si. The minimum Gasteiger partial charge on any atom is -0.543 e. The fourth-order valence-corrected chi connectivity index (χ4v) is 2.46. The summed E-state index contributed by atoms with van der Waals surface area (Å²) in [6, 6.07) is 4.91. The van der Waals surface area contributed by atoms with Crippen LogP contribution in [-0.4, -0.2) is 19.2 Å². The van der Waals surface area contributed by atoms with E-state index in [0.29, 0.717) is 17.7 Å². The topological polar surface area (TPSA) is 46.5 Å². The molecule has 106 valence electrons. The highest BCUT2D eigenvalue weighted by molar-refractivity contribution is 6.74. The van der Waals surface area contributed by atoms with Gasteiger partial charge in [-0.2, -0.15) is 0 Å². The van der Waals surface area contributed by atoms with Crippen LogP contribution >= 0.6 is 0 Å². The Kier molecular flexibility index (Phi) is 4.45. The van der Waals surface area contributed by atoms with E-state index in [1.54, 1.807) is 19.1 Å². The number of benzene rings is 1. The Balaban J connectivity index is 3.08. The van der Waals surface area contributed by atoms with Crippen molar-refractivity contribution in [2.24, 2.45) is 0 Å². The molecule has 0 saturated carbocycles. The van der Waals surface area contributed by atoms with Gasteiger partial charge < -0.3 is 9.53 Å². The summed E-state index contributed by atoms with van der Waals surface area (Å²) in [6.45, 7) is 12.6. The van der Waals surface area contributed by atoms with Crippen molar-refractivity contribution < 1.29 is 14.3 Å². The van der Waals surface area contributed by atoms with Gasteiger partial charge in [0.25, 0.3) is 0 Å². The number of rotatable bonds is 4. The molecule has 1 N–H and O–H groups in total. The number of hydrogen-bond acceptors (Lipinski definition) is 3. The molecule has 0 saturated heterocycles. The maximum Gasteiger partial charge on any atom is 0.250 e. The fraction of sp³-hybridized carbons (Fsp3) is 0.533. The van der Waals surface area contributed by atoms with Gasteiger partial charge in [0.2, 0.25) is 8.32 Å². The normalized spacial score (nSPS) is 12.3. The van der Waals surface area contributed by atoms with Gasteiger partial charge in [-0.25, -0.2) is 0 Å². The Hall–Kier alpha value is -1.29. The minimum atomic E-state index is -1.92. The first-order chi connectivity index (χ1) is 8.58. The van der Waals surface area contributed by atoms with Crippen LogP contribution in [0.15, 0.2) is 18.2 Å². The van der Waals surface area contributed by atoms with E-state index in [1.165, 1.54) is 6.07 Å². The van der Waals surface area contributed by atoms with Gasteiger partial charge >= 0.3 is 0 Å². The molecule has 0 amide bonds. The Morgan fingerprint density at radius 1 is 1.32 bits per heavy atom. The van der Waals surface area contributed by atoms with Gasteiger partial charge in [-0.15, -0.1) is 0 Å². The average molecular weight is 280 g/mol. The van der Waals surface area contributed by atoms with Crippen LogP contribution in [-0.2, 0) is 0 Å². The van der Waals surface area contributed by atoms with Crippen molar-refractivity contribution in [2.45, 2.75) is 52.2 Å². The predicted molar refractivity (Wildman–Crippen MR) is 80.6 cm³/mol. The summed E-state index contributed by atoms with van der Waals surface area (Å²) in [7, 11) is -1.92. The molecule has 1 rings (SSSR count). The first kappa shape index (κ1) is 15.8.